The summed E-state index contributed by atoms with van der Waals surface area (Å²) in [5.74, 6) is 0.736. The molecule has 17 heavy (non-hydrogen) atoms. The van der Waals surface area contributed by atoms with Crippen LogP contribution in [0.4, 0.5) is 0 Å². The second kappa shape index (κ2) is 5.84. The molecular weight excluding hydrogens is 236 g/mol. The van der Waals surface area contributed by atoms with Gasteiger partial charge < -0.3 is 4.74 Å². The number of amides is 1. The summed E-state index contributed by atoms with van der Waals surface area (Å²) in [4.78, 5) is 11.6. The van der Waals surface area contributed by atoms with E-state index in [-0.39, 0.29) is 11.2 Å². The van der Waals surface area contributed by atoms with Crippen molar-refractivity contribution in [2.24, 2.45) is 5.10 Å². The van der Waals surface area contributed by atoms with Gasteiger partial charge in [0.25, 0.3) is 5.91 Å². The maximum absolute atomic E-state index is 11.6. The summed E-state index contributed by atoms with van der Waals surface area (Å²) in [6.45, 7) is 0.394. The molecule has 1 aromatic carbocycles. The SMILES string of the molecule is COCC1=NNC(=O)C1SCc1ccccc1. The zero-order valence-corrected chi connectivity index (χ0v) is 10.4. The molecule has 90 valence electrons. The van der Waals surface area contributed by atoms with Gasteiger partial charge >= 0.3 is 0 Å². The smallest absolute Gasteiger partial charge is 0.259 e. The van der Waals surface area contributed by atoms with E-state index in [1.165, 1.54) is 5.56 Å². The van der Waals surface area contributed by atoms with Crippen LogP contribution in [0.2, 0.25) is 0 Å². The van der Waals surface area contributed by atoms with Crippen LogP contribution < -0.4 is 5.43 Å². The molecule has 0 spiro atoms. The minimum Gasteiger partial charge on any atom is -0.379 e. The number of benzene rings is 1. The van der Waals surface area contributed by atoms with Gasteiger partial charge in [-0.2, -0.15) is 5.10 Å². The lowest BCUT2D eigenvalue weighted by molar-refractivity contribution is -0.118. The van der Waals surface area contributed by atoms with Crippen molar-refractivity contribution in [1.29, 1.82) is 0 Å². The minimum atomic E-state index is -0.227. The van der Waals surface area contributed by atoms with Crippen molar-refractivity contribution in [3.63, 3.8) is 0 Å². The fourth-order valence-electron chi connectivity index (χ4n) is 1.58. The van der Waals surface area contributed by atoms with E-state index in [4.69, 9.17) is 4.74 Å². The average molecular weight is 250 g/mol. The predicted octanol–water partition coefficient (Wildman–Crippen LogP) is 1.42. The lowest BCUT2D eigenvalue weighted by Gasteiger charge is -2.09. The van der Waals surface area contributed by atoms with E-state index >= 15 is 0 Å². The molecular formula is C12H14N2O2S. The van der Waals surface area contributed by atoms with Crippen LogP contribution >= 0.6 is 11.8 Å². The maximum Gasteiger partial charge on any atom is 0.259 e. The number of ether oxygens (including phenoxy) is 1. The molecule has 5 heteroatoms. The summed E-state index contributed by atoms with van der Waals surface area (Å²) in [5.41, 5.74) is 4.45. The van der Waals surface area contributed by atoms with E-state index in [1.54, 1.807) is 18.9 Å². The Morgan fingerprint density at radius 3 is 2.88 bits per heavy atom. The molecule has 0 aliphatic carbocycles. The van der Waals surface area contributed by atoms with Crippen LogP contribution in [0.1, 0.15) is 5.56 Å². The van der Waals surface area contributed by atoms with Crippen molar-refractivity contribution >= 4 is 23.4 Å². The Hall–Kier alpha value is -1.33. The molecule has 0 aromatic heterocycles. The molecule has 1 aliphatic rings. The second-order valence-electron chi connectivity index (χ2n) is 3.69. The van der Waals surface area contributed by atoms with Gasteiger partial charge in [-0.1, -0.05) is 30.3 Å². The second-order valence-corrected chi connectivity index (χ2v) is 4.78. The van der Waals surface area contributed by atoms with Gasteiger partial charge in [0.2, 0.25) is 0 Å². The summed E-state index contributed by atoms with van der Waals surface area (Å²) in [5, 5.41) is 3.74. The van der Waals surface area contributed by atoms with Crippen LogP contribution in [0.3, 0.4) is 0 Å². The third kappa shape index (κ3) is 3.08. The lowest BCUT2D eigenvalue weighted by atomic mass is 10.2. The van der Waals surface area contributed by atoms with Gasteiger partial charge in [-0.05, 0) is 5.56 Å². The summed E-state index contributed by atoms with van der Waals surface area (Å²) >= 11 is 1.57. The van der Waals surface area contributed by atoms with Gasteiger partial charge in [-0.25, -0.2) is 5.43 Å². The molecule has 1 amide bonds. The van der Waals surface area contributed by atoms with Crippen LogP contribution in [0.5, 0.6) is 0 Å². The molecule has 0 bridgehead atoms. The first-order valence-corrected chi connectivity index (χ1v) is 6.37. The normalized spacial score (nSPS) is 19.0. The number of carbonyl (C=O) groups excluding carboxylic acids is 1. The fourth-order valence-corrected chi connectivity index (χ4v) is 2.65. The standard InChI is InChI=1S/C12H14N2O2S/c1-16-7-10-11(12(15)14-13-10)17-8-9-5-3-2-4-6-9/h2-6,11H,7-8H2,1H3,(H,14,15). The summed E-state index contributed by atoms with van der Waals surface area (Å²) in [6, 6.07) is 10.1. The van der Waals surface area contributed by atoms with E-state index in [2.05, 4.69) is 10.5 Å². The number of hydrogen-bond donors (Lipinski definition) is 1. The van der Waals surface area contributed by atoms with Crippen molar-refractivity contribution in [3.8, 4) is 0 Å². The zero-order chi connectivity index (χ0) is 12.1. The van der Waals surface area contributed by atoms with Crippen LogP contribution in [-0.2, 0) is 15.3 Å². The summed E-state index contributed by atoms with van der Waals surface area (Å²) < 4.78 is 5.02. The topological polar surface area (TPSA) is 50.7 Å². The molecule has 1 heterocycles. The van der Waals surface area contributed by atoms with E-state index in [0.29, 0.717) is 6.61 Å². The molecule has 0 saturated carbocycles. The first-order valence-electron chi connectivity index (χ1n) is 5.32. The van der Waals surface area contributed by atoms with Crippen LogP contribution in [0.15, 0.2) is 35.4 Å². The number of thioether (sulfide) groups is 1. The monoisotopic (exact) mass is 250 g/mol. The van der Waals surface area contributed by atoms with Gasteiger partial charge in [0.1, 0.15) is 5.25 Å². The van der Waals surface area contributed by atoms with Crippen LogP contribution in [-0.4, -0.2) is 30.6 Å². The van der Waals surface area contributed by atoms with Gasteiger partial charge in [-0.3, -0.25) is 4.79 Å². The number of nitrogens with one attached hydrogen (secondary N) is 1. The van der Waals surface area contributed by atoms with E-state index in [1.807, 2.05) is 30.3 Å². The Bertz CT molecular complexity index is 420. The quantitative estimate of drug-likeness (QED) is 0.860. The van der Waals surface area contributed by atoms with E-state index in [0.717, 1.165) is 11.5 Å². The van der Waals surface area contributed by atoms with Crippen LogP contribution in [0, 0.1) is 0 Å². The predicted molar refractivity (Wildman–Crippen MR) is 69.0 cm³/mol. The van der Waals surface area contributed by atoms with Crippen molar-refractivity contribution in [2.75, 3.05) is 13.7 Å². The molecule has 1 aliphatic heterocycles. The Morgan fingerprint density at radius 1 is 1.41 bits per heavy atom. The Balaban J connectivity index is 1.94. The minimum absolute atomic E-state index is 0.0574. The number of methoxy groups -OCH3 is 1. The molecule has 0 radical (unpaired) electrons. The van der Waals surface area contributed by atoms with Crippen molar-refractivity contribution in [1.82, 2.24) is 5.43 Å². The molecule has 1 N–H and O–H groups in total. The molecule has 1 aromatic rings. The van der Waals surface area contributed by atoms with Crippen molar-refractivity contribution in [3.05, 3.63) is 35.9 Å². The molecule has 1 atom stereocenters. The molecule has 2 rings (SSSR count). The van der Waals surface area contributed by atoms with Crippen molar-refractivity contribution in [2.45, 2.75) is 11.0 Å². The highest BCUT2D eigenvalue weighted by Crippen LogP contribution is 2.21. The first kappa shape index (κ1) is 12.1. The Labute approximate surface area is 104 Å². The van der Waals surface area contributed by atoms with Gasteiger partial charge in [-0.15, -0.1) is 11.8 Å². The molecule has 1 unspecified atom stereocenters. The Morgan fingerprint density at radius 2 is 2.18 bits per heavy atom. The lowest BCUT2D eigenvalue weighted by Crippen LogP contribution is -2.28. The number of carbonyl (C=O) groups is 1. The largest absolute Gasteiger partial charge is 0.379 e. The van der Waals surface area contributed by atoms with E-state index < -0.39 is 0 Å². The van der Waals surface area contributed by atoms with Gasteiger partial charge in [0.05, 0.1) is 12.3 Å². The van der Waals surface area contributed by atoms with Crippen LogP contribution in [0.25, 0.3) is 0 Å². The average Bonchev–Trinajstić information content (AvgIpc) is 2.70. The summed E-state index contributed by atoms with van der Waals surface area (Å²) in [7, 11) is 1.60. The number of nitrogens with zero attached hydrogens (tertiary/aromatic N) is 1. The number of hydrazone groups is 1. The third-order valence-corrected chi connectivity index (χ3v) is 3.72. The Kier molecular flexibility index (Phi) is 4.17. The molecule has 0 saturated heterocycles. The zero-order valence-electron chi connectivity index (χ0n) is 9.55. The highest BCUT2D eigenvalue weighted by molar-refractivity contribution is 8.00. The summed E-state index contributed by atoms with van der Waals surface area (Å²) in [6.07, 6.45) is 0. The highest BCUT2D eigenvalue weighted by atomic mass is 32.2. The maximum atomic E-state index is 11.6. The fraction of sp³-hybridized carbons (Fsp3) is 0.333. The van der Waals surface area contributed by atoms with Gasteiger partial charge in [0.15, 0.2) is 0 Å². The van der Waals surface area contributed by atoms with Gasteiger partial charge in [0, 0.05) is 12.9 Å². The van der Waals surface area contributed by atoms with Crippen molar-refractivity contribution < 1.29 is 9.53 Å². The molecule has 0 fully saturated rings. The molecule has 4 nitrogen and oxygen atoms in total. The third-order valence-electron chi connectivity index (χ3n) is 2.40. The first-order chi connectivity index (χ1) is 8.31. The van der Waals surface area contributed by atoms with E-state index in [9.17, 15) is 4.79 Å². The highest BCUT2D eigenvalue weighted by Gasteiger charge is 2.29. The number of hydrogen-bond acceptors (Lipinski definition) is 4. The number of rotatable bonds is 5.